The van der Waals surface area contributed by atoms with Crippen LogP contribution in [0.3, 0.4) is 0 Å². The van der Waals surface area contributed by atoms with Gasteiger partial charge in [-0.1, -0.05) is 6.07 Å². The molecule has 2 aromatic carbocycles. The number of hydrogen-bond acceptors (Lipinski definition) is 3. The molecule has 0 aromatic heterocycles. The summed E-state index contributed by atoms with van der Waals surface area (Å²) < 4.78 is 13.2. The van der Waals surface area contributed by atoms with Crippen LogP contribution in [0, 0.1) is 5.82 Å². The molecule has 0 heterocycles. The normalized spacial score (nSPS) is 10.3. The zero-order chi connectivity index (χ0) is 14.7. The fraction of sp³-hybridized carbons (Fsp3) is 0.133. The zero-order valence-electron chi connectivity index (χ0n) is 10.9. The van der Waals surface area contributed by atoms with Gasteiger partial charge in [0.25, 0.3) is 5.91 Å². The Balaban J connectivity index is 2.36. The van der Waals surface area contributed by atoms with Crippen LogP contribution in [-0.2, 0) is 0 Å². The zero-order valence-corrected chi connectivity index (χ0v) is 10.9. The van der Waals surface area contributed by atoms with E-state index in [1.165, 1.54) is 41.3 Å². The lowest BCUT2D eigenvalue weighted by atomic mass is 10.1. The summed E-state index contributed by atoms with van der Waals surface area (Å²) in [5.41, 5.74) is 0.650. The number of hydrogen-bond donors (Lipinski definition) is 2. The van der Waals surface area contributed by atoms with Gasteiger partial charge in [-0.25, -0.2) is 4.39 Å². The Morgan fingerprint density at radius 2 is 1.90 bits per heavy atom. The molecule has 0 fully saturated rings. The summed E-state index contributed by atoms with van der Waals surface area (Å²) in [6.45, 7) is 2.12. The van der Waals surface area contributed by atoms with Gasteiger partial charge in [-0.3, -0.25) is 4.79 Å². The maximum atomic E-state index is 13.2. The quantitative estimate of drug-likeness (QED) is 0.847. The van der Waals surface area contributed by atoms with Gasteiger partial charge < -0.3 is 15.1 Å². The van der Waals surface area contributed by atoms with E-state index < -0.39 is 5.82 Å². The molecule has 2 aromatic rings. The van der Waals surface area contributed by atoms with Gasteiger partial charge in [-0.2, -0.15) is 0 Å². The largest absolute Gasteiger partial charge is 0.504 e. The van der Waals surface area contributed by atoms with E-state index in [2.05, 4.69) is 0 Å². The third kappa shape index (κ3) is 2.71. The molecule has 0 unspecified atom stereocenters. The summed E-state index contributed by atoms with van der Waals surface area (Å²) in [7, 11) is 0. The predicted molar refractivity (Wildman–Crippen MR) is 73.5 cm³/mol. The molecular weight excluding hydrogens is 261 g/mol. The average molecular weight is 275 g/mol. The van der Waals surface area contributed by atoms with Gasteiger partial charge >= 0.3 is 0 Å². The molecule has 104 valence electrons. The molecular formula is C15H14FNO3. The van der Waals surface area contributed by atoms with Crippen molar-refractivity contribution in [3.63, 3.8) is 0 Å². The van der Waals surface area contributed by atoms with Crippen LogP contribution in [0.25, 0.3) is 0 Å². The van der Waals surface area contributed by atoms with Crippen molar-refractivity contribution < 1.29 is 19.4 Å². The molecule has 2 N–H and O–H groups in total. The van der Waals surface area contributed by atoms with E-state index in [0.29, 0.717) is 12.2 Å². The Labute approximate surface area is 115 Å². The van der Waals surface area contributed by atoms with E-state index in [9.17, 15) is 19.4 Å². The third-order valence-corrected chi connectivity index (χ3v) is 2.90. The van der Waals surface area contributed by atoms with Crippen LogP contribution in [0.2, 0.25) is 0 Å². The molecule has 5 heteroatoms. The maximum Gasteiger partial charge on any atom is 0.258 e. The first-order chi connectivity index (χ1) is 9.52. The number of carbonyl (C=O) groups excluding carboxylic acids is 1. The Morgan fingerprint density at radius 1 is 1.15 bits per heavy atom. The molecule has 0 bridgehead atoms. The number of anilines is 1. The van der Waals surface area contributed by atoms with Crippen LogP contribution in [-0.4, -0.2) is 22.7 Å². The molecule has 0 radical (unpaired) electrons. The highest BCUT2D eigenvalue weighted by atomic mass is 19.1. The number of phenolic OH excluding ortho intramolecular Hbond substituents is 2. The molecule has 0 spiro atoms. The summed E-state index contributed by atoms with van der Waals surface area (Å²) in [6, 6.07) is 9.54. The molecule has 4 nitrogen and oxygen atoms in total. The lowest BCUT2D eigenvalue weighted by Crippen LogP contribution is -2.30. The standard InChI is InChI=1S/C15H14FNO3/c1-2-17(12-5-3-4-11(16)9-12)15(20)10-6-7-13(18)14(19)8-10/h3-9,18-19H,2H2,1H3. The molecule has 0 saturated heterocycles. The van der Waals surface area contributed by atoms with Crippen LogP contribution in [0.4, 0.5) is 10.1 Å². The van der Waals surface area contributed by atoms with E-state index in [0.717, 1.165) is 0 Å². The topological polar surface area (TPSA) is 60.8 Å². The highest BCUT2D eigenvalue weighted by Crippen LogP contribution is 2.26. The minimum Gasteiger partial charge on any atom is -0.504 e. The average Bonchev–Trinajstić information content (AvgIpc) is 2.42. The maximum absolute atomic E-state index is 13.2. The monoisotopic (exact) mass is 275 g/mol. The summed E-state index contributed by atoms with van der Waals surface area (Å²) >= 11 is 0. The Kier molecular flexibility index (Phi) is 3.89. The van der Waals surface area contributed by atoms with Gasteiger partial charge in [-0.05, 0) is 43.3 Å². The highest BCUT2D eigenvalue weighted by molar-refractivity contribution is 6.06. The molecule has 0 aliphatic carbocycles. The third-order valence-electron chi connectivity index (χ3n) is 2.90. The number of nitrogens with zero attached hydrogens (tertiary/aromatic N) is 1. The first-order valence-corrected chi connectivity index (χ1v) is 6.12. The Bertz CT molecular complexity index is 643. The number of halogens is 1. The van der Waals surface area contributed by atoms with Gasteiger partial charge in [0, 0.05) is 17.8 Å². The smallest absolute Gasteiger partial charge is 0.258 e. The van der Waals surface area contributed by atoms with Crippen molar-refractivity contribution in [2.24, 2.45) is 0 Å². The van der Waals surface area contributed by atoms with E-state index in [4.69, 9.17) is 0 Å². The molecule has 0 atom stereocenters. The second kappa shape index (κ2) is 5.61. The van der Waals surface area contributed by atoms with Gasteiger partial charge in [0.15, 0.2) is 11.5 Å². The van der Waals surface area contributed by atoms with Gasteiger partial charge in [0.2, 0.25) is 0 Å². The number of aromatic hydroxyl groups is 2. The highest BCUT2D eigenvalue weighted by Gasteiger charge is 2.17. The first-order valence-electron chi connectivity index (χ1n) is 6.12. The van der Waals surface area contributed by atoms with Crippen molar-refractivity contribution in [2.45, 2.75) is 6.92 Å². The SMILES string of the molecule is CCN(C(=O)c1ccc(O)c(O)c1)c1cccc(F)c1. The van der Waals surface area contributed by atoms with E-state index in [-0.39, 0.29) is 23.0 Å². The molecule has 20 heavy (non-hydrogen) atoms. The minimum absolute atomic E-state index is 0.214. The molecule has 1 amide bonds. The second-order valence-corrected chi connectivity index (χ2v) is 4.23. The van der Waals surface area contributed by atoms with Gasteiger partial charge in [-0.15, -0.1) is 0 Å². The summed E-state index contributed by atoms with van der Waals surface area (Å²) in [6.07, 6.45) is 0. The summed E-state index contributed by atoms with van der Waals surface area (Å²) in [5, 5.41) is 18.7. The van der Waals surface area contributed by atoms with E-state index >= 15 is 0 Å². The van der Waals surface area contributed by atoms with Crippen molar-refractivity contribution >= 4 is 11.6 Å². The molecule has 0 aliphatic heterocycles. The predicted octanol–water partition coefficient (Wildman–Crippen LogP) is 2.90. The summed E-state index contributed by atoms with van der Waals surface area (Å²) in [4.78, 5) is 13.7. The van der Waals surface area contributed by atoms with Crippen LogP contribution < -0.4 is 4.90 Å². The van der Waals surface area contributed by atoms with Gasteiger partial charge in [0.1, 0.15) is 5.82 Å². The second-order valence-electron chi connectivity index (χ2n) is 4.23. The number of amides is 1. The van der Waals surface area contributed by atoms with E-state index in [1.54, 1.807) is 13.0 Å². The minimum atomic E-state index is -0.428. The molecule has 0 aliphatic rings. The lowest BCUT2D eigenvalue weighted by molar-refractivity contribution is 0.0988. The number of rotatable bonds is 3. The lowest BCUT2D eigenvalue weighted by Gasteiger charge is -2.21. The fourth-order valence-electron chi connectivity index (χ4n) is 1.90. The summed E-state index contributed by atoms with van der Waals surface area (Å²) in [5.74, 6) is -1.47. The first kappa shape index (κ1) is 13.9. The van der Waals surface area contributed by atoms with Crippen LogP contribution >= 0.6 is 0 Å². The van der Waals surface area contributed by atoms with E-state index in [1.807, 2.05) is 0 Å². The van der Waals surface area contributed by atoms with Crippen LogP contribution in [0.5, 0.6) is 11.5 Å². The van der Waals surface area contributed by atoms with Crippen LogP contribution in [0.15, 0.2) is 42.5 Å². The number of phenols is 2. The van der Waals surface area contributed by atoms with Crippen LogP contribution in [0.1, 0.15) is 17.3 Å². The van der Waals surface area contributed by atoms with Crippen molar-refractivity contribution in [3.8, 4) is 11.5 Å². The van der Waals surface area contributed by atoms with Crippen molar-refractivity contribution in [3.05, 3.63) is 53.8 Å². The number of benzene rings is 2. The molecule has 2 rings (SSSR count). The Hall–Kier alpha value is -2.56. The molecule has 0 saturated carbocycles. The van der Waals surface area contributed by atoms with Gasteiger partial charge in [0.05, 0.1) is 0 Å². The fourth-order valence-corrected chi connectivity index (χ4v) is 1.90. The van der Waals surface area contributed by atoms with Crippen molar-refractivity contribution in [2.75, 3.05) is 11.4 Å². The van der Waals surface area contributed by atoms with Crippen molar-refractivity contribution in [1.29, 1.82) is 0 Å². The van der Waals surface area contributed by atoms with Crippen molar-refractivity contribution in [1.82, 2.24) is 0 Å². The Morgan fingerprint density at radius 3 is 2.50 bits per heavy atom. The number of carbonyl (C=O) groups is 1.